The molecule has 0 saturated heterocycles. The predicted octanol–water partition coefficient (Wildman–Crippen LogP) is 5.50. The van der Waals surface area contributed by atoms with Crippen molar-refractivity contribution >= 4 is 22.6 Å². The summed E-state index contributed by atoms with van der Waals surface area (Å²) in [6.07, 6.45) is 5.08. The molecule has 1 heteroatoms. The van der Waals surface area contributed by atoms with Crippen LogP contribution in [0.5, 0.6) is 0 Å². The van der Waals surface area contributed by atoms with Gasteiger partial charge in [-0.1, -0.05) is 86.5 Å². The number of hydrogen-bond acceptors (Lipinski definition) is 0. The summed E-state index contributed by atoms with van der Waals surface area (Å²) in [5, 5.41) is 0. The largest absolute Gasteiger partial charge is 0.0901 e. The lowest BCUT2D eigenvalue weighted by molar-refractivity contribution is 0.795. The lowest BCUT2D eigenvalue weighted by atomic mass is 10.1. The number of aryl methyl sites for hydroxylation is 1. The highest BCUT2D eigenvalue weighted by Gasteiger charge is 1.87. The van der Waals surface area contributed by atoms with Crippen LogP contribution in [0.25, 0.3) is 0 Å². The van der Waals surface area contributed by atoms with Crippen molar-refractivity contribution in [2.75, 3.05) is 4.93 Å². The molecule has 0 saturated carbocycles. The lowest BCUT2D eigenvalue weighted by Crippen LogP contribution is -1.81. The van der Waals surface area contributed by atoms with Crippen LogP contribution in [-0.4, -0.2) is 4.93 Å². The first kappa shape index (κ1) is 17.3. The van der Waals surface area contributed by atoms with E-state index in [9.17, 15) is 0 Å². The first-order chi connectivity index (χ1) is 7.35. The van der Waals surface area contributed by atoms with Crippen LogP contribution in [0.15, 0.2) is 30.3 Å². The molecule has 0 amide bonds. The van der Waals surface area contributed by atoms with Crippen LogP contribution in [0.3, 0.4) is 0 Å². The fourth-order valence-corrected chi connectivity index (χ4v) is 1.03. The number of alkyl halides is 1. The molecule has 1 aromatic rings. The van der Waals surface area contributed by atoms with Gasteiger partial charge in [0.05, 0.1) is 0 Å². The van der Waals surface area contributed by atoms with Crippen molar-refractivity contribution in [2.45, 2.75) is 46.5 Å². The molecule has 0 spiro atoms. The predicted molar refractivity (Wildman–Crippen MR) is 81.0 cm³/mol. The van der Waals surface area contributed by atoms with Crippen molar-refractivity contribution in [1.82, 2.24) is 0 Å². The molecule has 0 N–H and O–H groups in total. The molecule has 15 heavy (non-hydrogen) atoms. The maximum absolute atomic E-state index is 2.23. The first-order valence-electron chi connectivity index (χ1n) is 5.76. The van der Waals surface area contributed by atoms with E-state index in [0.717, 1.165) is 0 Å². The van der Waals surface area contributed by atoms with E-state index >= 15 is 0 Å². The Labute approximate surface area is 110 Å². The summed E-state index contributed by atoms with van der Waals surface area (Å²) in [5.41, 5.74) is 1.46. The summed E-state index contributed by atoms with van der Waals surface area (Å²) in [4.78, 5) is 1.97. The Morgan fingerprint density at radius 2 is 1.40 bits per heavy atom. The average Bonchev–Trinajstić information content (AvgIpc) is 2.31. The van der Waals surface area contributed by atoms with Gasteiger partial charge in [0.2, 0.25) is 0 Å². The number of benzene rings is 1. The smallest absolute Gasteiger partial charge is 0.0121 e. The van der Waals surface area contributed by atoms with Crippen LogP contribution < -0.4 is 0 Å². The van der Waals surface area contributed by atoms with E-state index in [0.29, 0.717) is 0 Å². The molecule has 0 aliphatic carbocycles. The van der Waals surface area contributed by atoms with Crippen LogP contribution in [0.4, 0.5) is 0 Å². The second-order valence-corrected chi connectivity index (χ2v) is 3.30. The minimum absolute atomic E-state index is 1.23. The molecular weight excluding hydrogens is 295 g/mol. The summed E-state index contributed by atoms with van der Waals surface area (Å²) in [6.45, 7) is 6.48. The van der Waals surface area contributed by atoms with E-state index in [4.69, 9.17) is 0 Å². The molecule has 0 unspecified atom stereocenters. The third-order valence-corrected chi connectivity index (χ3v) is 1.66. The fourth-order valence-electron chi connectivity index (χ4n) is 1.03. The summed E-state index contributed by atoms with van der Waals surface area (Å²) in [5.74, 6) is 0. The van der Waals surface area contributed by atoms with Crippen molar-refractivity contribution in [3.63, 3.8) is 0 Å². The van der Waals surface area contributed by atoms with Crippen molar-refractivity contribution in [1.29, 1.82) is 0 Å². The Balaban J connectivity index is 0. The molecule has 0 aromatic heterocycles. The van der Waals surface area contributed by atoms with Crippen LogP contribution in [0, 0.1) is 0 Å². The SMILES string of the molecule is CCC.CCCCc1ccccc1.CI. The van der Waals surface area contributed by atoms with Gasteiger partial charge in [0.1, 0.15) is 0 Å². The van der Waals surface area contributed by atoms with Gasteiger partial charge in [-0.05, 0) is 23.3 Å². The van der Waals surface area contributed by atoms with Crippen LogP contribution in [0.2, 0.25) is 0 Å². The van der Waals surface area contributed by atoms with Gasteiger partial charge in [0.25, 0.3) is 0 Å². The molecule has 0 aliphatic rings. The van der Waals surface area contributed by atoms with Gasteiger partial charge in [0, 0.05) is 0 Å². The van der Waals surface area contributed by atoms with E-state index in [2.05, 4.69) is 73.7 Å². The maximum atomic E-state index is 2.23. The molecule has 0 atom stereocenters. The van der Waals surface area contributed by atoms with E-state index in [-0.39, 0.29) is 0 Å². The summed E-state index contributed by atoms with van der Waals surface area (Å²) < 4.78 is 0. The highest BCUT2D eigenvalue weighted by molar-refractivity contribution is 14.1. The Kier molecular flexibility index (Phi) is 18.9. The molecular formula is C14H25I. The van der Waals surface area contributed by atoms with Crippen LogP contribution in [-0.2, 0) is 6.42 Å². The summed E-state index contributed by atoms with van der Waals surface area (Å²) in [7, 11) is 0. The van der Waals surface area contributed by atoms with E-state index in [1.54, 1.807) is 0 Å². The normalized spacial score (nSPS) is 8.07. The number of rotatable bonds is 3. The third kappa shape index (κ3) is 14.0. The third-order valence-electron chi connectivity index (χ3n) is 1.66. The van der Waals surface area contributed by atoms with Crippen molar-refractivity contribution < 1.29 is 0 Å². The van der Waals surface area contributed by atoms with Crippen molar-refractivity contribution in [3.05, 3.63) is 35.9 Å². The molecule has 0 heterocycles. The van der Waals surface area contributed by atoms with Crippen molar-refractivity contribution in [3.8, 4) is 0 Å². The van der Waals surface area contributed by atoms with Crippen molar-refractivity contribution in [2.24, 2.45) is 0 Å². The highest BCUT2D eigenvalue weighted by Crippen LogP contribution is 2.03. The zero-order valence-electron chi connectivity index (χ0n) is 10.6. The zero-order valence-corrected chi connectivity index (χ0v) is 12.8. The van der Waals surface area contributed by atoms with Gasteiger partial charge in [-0.3, -0.25) is 0 Å². The Morgan fingerprint density at radius 1 is 0.933 bits per heavy atom. The maximum Gasteiger partial charge on any atom is -0.0121 e. The Morgan fingerprint density at radius 3 is 1.80 bits per heavy atom. The monoisotopic (exact) mass is 320 g/mol. The van der Waals surface area contributed by atoms with Gasteiger partial charge in [-0.2, -0.15) is 0 Å². The van der Waals surface area contributed by atoms with Gasteiger partial charge in [-0.25, -0.2) is 0 Å². The average molecular weight is 320 g/mol. The van der Waals surface area contributed by atoms with E-state index in [1.807, 2.05) is 4.93 Å². The number of halogens is 1. The molecule has 0 nitrogen and oxygen atoms in total. The highest BCUT2D eigenvalue weighted by atomic mass is 127. The van der Waals surface area contributed by atoms with Gasteiger partial charge < -0.3 is 0 Å². The molecule has 0 aliphatic heterocycles. The van der Waals surface area contributed by atoms with E-state index < -0.39 is 0 Å². The summed E-state index contributed by atoms with van der Waals surface area (Å²) in [6, 6.07) is 10.6. The van der Waals surface area contributed by atoms with Gasteiger partial charge >= 0.3 is 0 Å². The topological polar surface area (TPSA) is 0 Å². The standard InChI is InChI=1S/C10H14.C3H8.CH3I/c1-2-3-7-10-8-5-4-6-9-10;1-3-2;1-2/h4-6,8-9H,2-3,7H2,1H3;3H2,1-2H3;1H3. The van der Waals surface area contributed by atoms with E-state index in [1.165, 1.54) is 31.2 Å². The molecule has 0 bridgehead atoms. The minimum atomic E-state index is 1.23. The minimum Gasteiger partial charge on any atom is -0.0901 e. The molecule has 1 aromatic carbocycles. The molecule has 0 radical (unpaired) electrons. The summed E-state index contributed by atoms with van der Waals surface area (Å²) >= 11 is 2.15. The zero-order chi connectivity index (χ0) is 11.9. The fraction of sp³-hybridized carbons (Fsp3) is 0.571. The second kappa shape index (κ2) is 16.4. The lowest BCUT2D eigenvalue weighted by Gasteiger charge is -1.96. The quantitative estimate of drug-likeness (QED) is 0.510. The molecule has 88 valence electrons. The van der Waals surface area contributed by atoms with Crippen LogP contribution >= 0.6 is 22.6 Å². The van der Waals surface area contributed by atoms with Crippen LogP contribution in [0.1, 0.15) is 45.6 Å². The first-order valence-corrected chi connectivity index (χ1v) is 7.92. The van der Waals surface area contributed by atoms with Gasteiger partial charge in [-0.15, -0.1) is 0 Å². The Hall–Kier alpha value is -0.0500. The molecule has 0 fully saturated rings. The molecule has 1 rings (SSSR count). The number of hydrogen-bond donors (Lipinski definition) is 0. The second-order valence-electron chi connectivity index (χ2n) is 3.30. The van der Waals surface area contributed by atoms with Gasteiger partial charge in [0.15, 0.2) is 0 Å². The Bertz CT molecular complexity index is 182. The number of unbranched alkanes of at least 4 members (excludes halogenated alkanes) is 1.